The lowest BCUT2D eigenvalue weighted by atomic mass is 9.67. The van der Waals surface area contributed by atoms with Gasteiger partial charge in [0.1, 0.15) is 17.8 Å². The summed E-state index contributed by atoms with van der Waals surface area (Å²) < 4.78 is 35.0. The average molecular weight is 650 g/mol. The molecule has 2 aliphatic heterocycles. The molecule has 0 radical (unpaired) electrons. The monoisotopic (exact) mass is 649 g/mol. The van der Waals surface area contributed by atoms with E-state index in [9.17, 15) is 18.8 Å². The van der Waals surface area contributed by atoms with Crippen molar-refractivity contribution in [1.82, 2.24) is 19.8 Å². The molecule has 3 aromatic rings. The first kappa shape index (κ1) is 32.0. The van der Waals surface area contributed by atoms with Crippen molar-refractivity contribution in [3.8, 4) is 12.1 Å². The van der Waals surface area contributed by atoms with Gasteiger partial charge in [0.25, 0.3) is 0 Å². The molecule has 0 unspecified atom stereocenters. The van der Waals surface area contributed by atoms with Gasteiger partial charge in [-0.15, -0.1) is 0 Å². The zero-order chi connectivity index (χ0) is 32.6. The van der Waals surface area contributed by atoms with Crippen LogP contribution in [0.4, 0.5) is 20.3 Å². The molecule has 242 valence electrons. The molecule has 2 fully saturated rings. The summed E-state index contributed by atoms with van der Waals surface area (Å²) in [6.45, 7) is 6.99. The van der Waals surface area contributed by atoms with E-state index in [0.29, 0.717) is 69.7 Å². The van der Waals surface area contributed by atoms with Crippen LogP contribution >= 0.6 is 11.6 Å². The number of benzene rings is 2. The van der Waals surface area contributed by atoms with Crippen LogP contribution in [0.25, 0.3) is 10.8 Å². The molecule has 12 heteroatoms. The number of carbonyl (C=O) groups is 1. The van der Waals surface area contributed by atoms with E-state index in [1.165, 1.54) is 12.1 Å². The van der Waals surface area contributed by atoms with Crippen LogP contribution in [-0.2, 0) is 17.8 Å². The Bertz CT molecular complexity index is 1690. The third-order valence-corrected chi connectivity index (χ3v) is 9.68. The topological polar surface area (TPSA) is 88.8 Å². The summed E-state index contributed by atoms with van der Waals surface area (Å²) in [5, 5.41) is 11.1. The SMILES string of the molecule is C=CC(=O)N1CCN(c2nc(OCC3(CN(C)C)CC(F)C3)nc3c2CCN(c2cccc4ccc(F)c(Cl)c24)C3)C[C@@H]1CC#N. The fourth-order valence-electron chi connectivity index (χ4n) is 7.27. The Labute approximate surface area is 273 Å². The minimum absolute atomic E-state index is 0.0830. The third-order valence-electron chi connectivity index (χ3n) is 9.31. The van der Waals surface area contributed by atoms with Gasteiger partial charge in [-0.2, -0.15) is 15.2 Å². The summed E-state index contributed by atoms with van der Waals surface area (Å²) in [5.74, 6) is 0.0414. The van der Waals surface area contributed by atoms with Crippen molar-refractivity contribution in [3.05, 3.63) is 65.1 Å². The van der Waals surface area contributed by atoms with Crippen molar-refractivity contribution in [2.75, 3.05) is 63.2 Å². The molecule has 0 bridgehead atoms. The third kappa shape index (κ3) is 6.20. The van der Waals surface area contributed by atoms with Gasteiger partial charge in [0, 0.05) is 54.8 Å². The molecule has 1 aromatic heterocycles. The van der Waals surface area contributed by atoms with Gasteiger partial charge < -0.3 is 24.3 Å². The van der Waals surface area contributed by atoms with Crippen LogP contribution in [-0.4, -0.2) is 91.3 Å². The lowest BCUT2D eigenvalue weighted by Crippen LogP contribution is -2.55. The van der Waals surface area contributed by atoms with Crippen molar-refractivity contribution in [2.24, 2.45) is 5.41 Å². The van der Waals surface area contributed by atoms with Gasteiger partial charge in [0.2, 0.25) is 5.91 Å². The number of alkyl halides is 1. The fourth-order valence-corrected chi connectivity index (χ4v) is 7.54. The van der Waals surface area contributed by atoms with Gasteiger partial charge in [-0.25, -0.2) is 8.78 Å². The number of hydrogen-bond acceptors (Lipinski definition) is 8. The fraction of sp³-hybridized carbons (Fsp3) is 0.471. The number of anilines is 2. The Morgan fingerprint density at radius 2 is 2.02 bits per heavy atom. The minimum Gasteiger partial charge on any atom is -0.463 e. The van der Waals surface area contributed by atoms with Gasteiger partial charge in [-0.05, 0) is 57.0 Å². The smallest absolute Gasteiger partial charge is 0.318 e. The number of ether oxygens (including phenoxy) is 1. The van der Waals surface area contributed by atoms with E-state index in [1.807, 2.05) is 37.2 Å². The molecule has 1 saturated carbocycles. The highest BCUT2D eigenvalue weighted by molar-refractivity contribution is 6.36. The lowest BCUT2D eigenvalue weighted by molar-refractivity contribution is -0.128. The highest BCUT2D eigenvalue weighted by Gasteiger charge is 2.46. The second-order valence-corrected chi connectivity index (χ2v) is 13.3. The number of carbonyl (C=O) groups excluding carboxylic acids is 1. The molecule has 9 nitrogen and oxygen atoms in total. The number of rotatable bonds is 9. The number of halogens is 3. The zero-order valence-electron chi connectivity index (χ0n) is 26.2. The molecule has 1 amide bonds. The predicted octanol–water partition coefficient (Wildman–Crippen LogP) is 5.16. The Kier molecular flexibility index (Phi) is 9.03. The number of fused-ring (bicyclic) bond motifs is 2. The summed E-state index contributed by atoms with van der Waals surface area (Å²) in [6, 6.07) is 11.0. The van der Waals surface area contributed by atoms with Gasteiger partial charge in [-0.3, -0.25) is 4.79 Å². The first-order valence-electron chi connectivity index (χ1n) is 15.6. The highest BCUT2D eigenvalue weighted by Crippen LogP contribution is 2.44. The molecule has 0 N–H and O–H groups in total. The van der Waals surface area contributed by atoms with Gasteiger partial charge >= 0.3 is 6.01 Å². The largest absolute Gasteiger partial charge is 0.463 e. The van der Waals surface area contributed by atoms with Crippen LogP contribution in [0.1, 0.15) is 30.5 Å². The Morgan fingerprint density at radius 3 is 2.74 bits per heavy atom. The number of aromatic nitrogens is 2. The maximum absolute atomic E-state index is 14.6. The van der Waals surface area contributed by atoms with E-state index in [-0.39, 0.29) is 41.4 Å². The minimum atomic E-state index is -0.846. The summed E-state index contributed by atoms with van der Waals surface area (Å²) in [7, 11) is 3.93. The molecular formula is C34H38ClF2N7O2. The van der Waals surface area contributed by atoms with E-state index in [1.54, 1.807) is 11.0 Å². The highest BCUT2D eigenvalue weighted by atomic mass is 35.5. The van der Waals surface area contributed by atoms with E-state index in [2.05, 4.69) is 22.4 Å². The van der Waals surface area contributed by atoms with Crippen LogP contribution in [0, 0.1) is 22.6 Å². The van der Waals surface area contributed by atoms with Crippen LogP contribution in [0.5, 0.6) is 6.01 Å². The maximum Gasteiger partial charge on any atom is 0.318 e. The van der Waals surface area contributed by atoms with Crippen molar-refractivity contribution in [3.63, 3.8) is 0 Å². The van der Waals surface area contributed by atoms with E-state index in [4.69, 9.17) is 26.3 Å². The van der Waals surface area contributed by atoms with Crippen molar-refractivity contribution in [2.45, 2.75) is 44.4 Å². The number of amides is 1. The van der Waals surface area contributed by atoms with Crippen molar-refractivity contribution < 1.29 is 18.3 Å². The first-order chi connectivity index (χ1) is 22.1. The quantitative estimate of drug-likeness (QED) is 0.294. The standard InChI is InChI=1S/C34H38ClF2N7O2/c1-4-29(45)44-15-14-43(18-24(44)10-12-38)32-25-11-13-42(28-7-5-6-22-8-9-26(37)31(35)30(22)28)19-27(25)39-33(40-32)46-21-34(20-41(2)3)16-23(36)17-34/h4-9,23-24H,1,10-11,13-21H2,2-3H3/t23?,24-,34?/m0/s1. The molecule has 6 rings (SSSR count). The van der Waals surface area contributed by atoms with Crippen LogP contribution in [0.15, 0.2) is 43.0 Å². The molecular weight excluding hydrogens is 612 g/mol. The number of nitrogens with zero attached hydrogens (tertiary/aromatic N) is 7. The number of piperazine rings is 1. The van der Waals surface area contributed by atoms with Crippen molar-refractivity contribution in [1.29, 1.82) is 5.26 Å². The molecule has 1 saturated heterocycles. The van der Waals surface area contributed by atoms with Gasteiger partial charge in [-0.1, -0.05) is 36.4 Å². The second-order valence-electron chi connectivity index (χ2n) is 12.9. The summed E-state index contributed by atoms with van der Waals surface area (Å²) in [4.78, 5) is 30.4. The molecule has 2 aromatic carbocycles. The first-order valence-corrected chi connectivity index (χ1v) is 16.0. The van der Waals surface area contributed by atoms with Crippen molar-refractivity contribution >= 4 is 39.8 Å². The molecule has 3 aliphatic rings. The normalized spacial score (nSPS) is 22.8. The molecule has 0 spiro atoms. The Morgan fingerprint density at radius 1 is 1.22 bits per heavy atom. The summed E-state index contributed by atoms with van der Waals surface area (Å²) in [6.07, 6.45) is 2.06. The lowest BCUT2D eigenvalue weighted by Gasteiger charge is -2.45. The summed E-state index contributed by atoms with van der Waals surface area (Å²) in [5.41, 5.74) is 2.23. The number of nitriles is 1. The second kappa shape index (κ2) is 13.0. The van der Waals surface area contributed by atoms with E-state index >= 15 is 0 Å². The van der Waals surface area contributed by atoms with E-state index < -0.39 is 12.0 Å². The van der Waals surface area contributed by atoms with Crippen LogP contribution in [0.3, 0.4) is 0 Å². The molecule has 46 heavy (non-hydrogen) atoms. The van der Waals surface area contributed by atoms with E-state index in [0.717, 1.165) is 22.3 Å². The number of hydrogen-bond donors (Lipinski definition) is 0. The Hall–Kier alpha value is -4.01. The molecule has 1 aliphatic carbocycles. The van der Waals surface area contributed by atoms with Gasteiger partial charge in [0.15, 0.2) is 0 Å². The summed E-state index contributed by atoms with van der Waals surface area (Å²) >= 11 is 6.49. The van der Waals surface area contributed by atoms with Gasteiger partial charge in [0.05, 0.1) is 42.4 Å². The predicted molar refractivity (Wildman–Crippen MR) is 174 cm³/mol. The van der Waals surface area contributed by atoms with Crippen LogP contribution < -0.4 is 14.5 Å². The Balaban J connectivity index is 1.35. The zero-order valence-corrected chi connectivity index (χ0v) is 26.9. The molecule has 3 heterocycles. The average Bonchev–Trinajstić information content (AvgIpc) is 3.03. The maximum atomic E-state index is 14.6. The molecule has 1 atom stereocenters. The van der Waals surface area contributed by atoms with Crippen LogP contribution in [0.2, 0.25) is 5.02 Å².